The molecule has 0 spiro atoms. The normalized spacial score (nSPS) is 12.6. The standard InChI is InChI=1S/C26H22N4O3S/c1-3-14-30-21-13-10-18(15-23(21)34-22-7-5-4-6-20(22)26(30)32)24-28-25(33-29-24)17-8-11-19(12-9-17)27-16(2)31/h4-13,15H,3,14H2,1-2H3,(H,27,31). The topological polar surface area (TPSA) is 88.3 Å². The third-order valence-corrected chi connectivity index (χ3v) is 6.54. The van der Waals surface area contributed by atoms with E-state index in [1.54, 1.807) is 23.9 Å². The number of hydrogen-bond donors (Lipinski definition) is 1. The molecule has 1 N–H and O–H groups in total. The average Bonchev–Trinajstić information content (AvgIpc) is 3.29. The molecule has 0 aliphatic carbocycles. The Morgan fingerprint density at radius 1 is 1.03 bits per heavy atom. The van der Waals surface area contributed by atoms with Crippen LogP contribution in [-0.2, 0) is 4.79 Å². The van der Waals surface area contributed by atoms with Gasteiger partial charge in [0.15, 0.2) is 0 Å². The fraction of sp³-hybridized carbons (Fsp3) is 0.154. The third-order valence-electron chi connectivity index (χ3n) is 5.42. The molecule has 1 aliphatic rings. The lowest BCUT2D eigenvalue weighted by atomic mass is 10.1. The lowest BCUT2D eigenvalue weighted by Crippen LogP contribution is -2.31. The van der Waals surface area contributed by atoms with Crippen molar-refractivity contribution in [2.24, 2.45) is 0 Å². The molecule has 0 saturated heterocycles. The molecule has 0 radical (unpaired) electrons. The number of nitrogens with zero attached hydrogens (tertiary/aromatic N) is 3. The molecule has 5 rings (SSSR count). The molecule has 0 atom stereocenters. The SMILES string of the molecule is CCCN1C(=O)c2ccccc2Sc2cc(-c3noc(-c4ccc(NC(C)=O)cc4)n3)ccc21. The van der Waals surface area contributed by atoms with Gasteiger partial charge in [0.25, 0.3) is 11.8 Å². The van der Waals surface area contributed by atoms with Crippen LogP contribution in [0.1, 0.15) is 30.6 Å². The number of amides is 2. The summed E-state index contributed by atoms with van der Waals surface area (Å²) < 4.78 is 5.51. The van der Waals surface area contributed by atoms with Gasteiger partial charge < -0.3 is 14.7 Å². The molecule has 2 heterocycles. The zero-order valence-electron chi connectivity index (χ0n) is 18.7. The number of carbonyl (C=O) groups is 2. The van der Waals surface area contributed by atoms with Crippen LogP contribution in [0.5, 0.6) is 0 Å². The van der Waals surface area contributed by atoms with Crippen molar-refractivity contribution in [1.29, 1.82) is 0 Å². The number of nitrogens with one attached hydrogen (secondary N) is 1. The Labute approximate surface area is 201 Å². The van der Waals surface area contributed by atoms with Gasteiger partial charge in [-0.1, -0.05) is 36.0 Å². The molecule has 0 bridgehead atoms. The van der Waals surface area contributed by atoms with Crippen LogP contribution in [0.25, 0.3) is 22.8 Å². The van der Waals surface area contributed by atoms with Gasteiger partial charge in [0.2, 0.25) is 11.7 Å². The summed E-state index contributed by atoms with van der Waals surface area (Å²) in [7, 11) is 0. The van der Waals surface area contributed by atoms with Crippen LogP contribution in [0.4, 0.5) is 11.4 Å². The Morgan fingerprint density at radius 3 is 2.56 bits per heavy atom. The second-order valence-corrected chi connectivity index (χ2v) is 9.00. The predicted molar refractivity (Wildman–Crippen MR) is 132 cm³/mol. The number of fused-ring (bicyclic) bond motifs is 2. The van der Waals surface area contributed by atoms with Gasteiger partial charge in [-0.05, 0) is 61.0 Å². The van der Waals surface area contributed by atoms with Crippen LogP contribution in [0, 0.1) is 0 Å². The summed E-state index contributed by atoms with van der Waals surface area (Å²) in [5.74, 6) is 0.743. The maximum Gasteiger partial charge on any atom is 0.259 e. The first-order valence-electron chi connectivity index (χ1n) is 11.0. The Morgan fingerprint density at radius 2 is 1.79 bits per heavy atom. The first kappa shape index (κ1) is 21.9. The van der Waals surface area contributed by atoms with Gasteiger partial charge in [0.05, 0.1) is 11.3 Å². The molecule has 2 amide bonds. The van der Waals surface area contributed by atoms with E-state index in [0.717, 1.165) is 33.0 Å². The zero-order chi connectivity index (χ0) is 23.7. The van der Waals surface area contributed by atoms with Crippen molar-refractivity contribution in [3.8, 4) is 22.8 Å². The summed E-state index contributed by atoms with van der Waals surface area (Å²) in [6.07, 6.45) is 0.856. The van der Waals surface area contributed by atoms with E-state index in [9.17, 15) is 9.59 Å². The highest BCUT2D eigenvalue weighted by atomic mass is 32.2. The van der Waals surface area contributed by atoms with Crippen molar-refractivity contribution in [1.82, 2.24) is 10.1 Å². The Hall–Kier alpha value is -3.91. The van der Waals surface area contributed by atoms with Gasteiger partial charge >= 0.3 is 0 Å². The summed E-state index contributed by atoms with van der Waals surface area (Å²) in [6.45, 7) is 4.17. The van der Waals surface area contributed by atoms with Crippen molar-refractivity contribution in [2.45, 2.75) is 30.1 Å². The van der Waals surface area contributed by atoms with Crippen LogP contribution in [0.3, 0.4) is 0 Å². The molecule has 0 fully saturated rings. The number of anilines is 2. The molecular weight excluding hydrogens is 448 g/mol. The third kappa shape index (κ3) is 4.20. The second-order valence-electron chi connectivity index (χ2n) is 7.92. The van der Waals surface area contributed by atoms with E-state index in [-0.39, 0.29) is 11.8 Å². The van der Waals surface area contributed by atoms with E-state index in [4.69, 9.17) is 4.52 Å². The largest absolute Gasteiger partial charge is 0.334 e. The summed E-state index contributed by atoms with van der Waals surface area (Å²) in [5.41, 5.74) is 3.85. The summed E-state index contributed by atoms with van der Waals surface area (Å²) in [4.78, 5) is 32.8. The van der Waals surface area contributed by atoms with E-state index >= 15 is 0 Å². The fourth-order valence-corrected chi connectivity index (χ4v) is 4.98. The highest BCUT2D eigenvalue weighted by Gasteiger charge is 2.27. The van der Waals surface area contributed by atoms with Gasteiger partial charge in [0.1, 0.15) is 0 Å². The van der Waals surface area contributed by atoms with Gasteiger partial charge in [-0.2, -0.15) is 4.98 Å². The minimum atomic E-state index is -0.129. The number of hydrogen-bond acceptors (Lipinski definition) is 6. The smallest absolute Gasteiger partial charge is 0.259 e. The number of aromatic nitrogens is 2. The minimum Gasteiger partial charge on any atom is -0.334 e. The highest BCUT2D eigenvalue weighted by molar-refractivity contribution is 7.99. The molecule has 34 heavy (non-hydrogen) atoms. The average molecular weight is 471 g/mol. The summed E-state index contributed by atoms with van der Waals surface area (Å²) >= 11 is 1.57. The molecule has 4 aromatic rings. The van der Waals surface area contributed by atoms with E-state index in [1.165, 1.54) is 6.92 Å². The second kappa shape index (κ2) is 9.15. The molecule has 0 unspecified atom stereocenters. The van der Waals surface area contributed by atoms with Crippen molar-refractivity contribution in [2.75, 3.05) is 16.8 Å². The van der Waals surface area contributed by atoms with Gasteiger partial charge in [-0.3, -0.25) is 9.59 Å². The number of rotatable bonds is 5. The van der Waals surface area contributed by atoms with Gasteiger partial charge in [0, 0.05) is 40.1 Å². The molecular formula is C26H22N4O3S. The maximum absolute atomic E-state index is 13.2. The first-order valence-corrected chi connectivity index (χ1v) is 11.8. The molecule has 3 aromatic carbocycles. The van der Waals surface area contributed by atoms with Crippen LogP contribution >= 0.6 is 11.8 Å². The zero-order valence-corrected chi connectivity index (χ0v) is 19.6. The van der Waals surface area contributed by atoms with Crippen LogP contribution in [0.15, 0.2) is 81.0 Å². The van der Waals surface area contributed by atoms with Gasteiger partial charge in [-0.15, -0.1) is 0 Å². The Kier molecular flexibility index (Phi) is 5.90. The summed E-state index contributed by atoms with van der Waals surface area (Å²) in [6, 6.07) is 20.8. The molecule has 1 aromatic heterocycles. The van der Waals surface area contributed by atoms with Gasteiger partial charge in [-0.25, -0.2) is 0 Å². The van der Waals surface area contributed by atoms with Crippen molar-refractivity contribution in [3.05, 3.63) is 72.3 Å². The monoisotopic (exact) mass is 470 g/mol. The Balaban J connectivity index is 1.48. The van der Waals surface area contributed by atoms with Crippen molar-refractivity contribution >= 4 is 35.0 Å². The Bertz CT molecular complexity index is 1380. The van der Waals surface area contributed by atoms with Crippen LogP contribution in [0.2, 0.25) is 0 Å². The van der Waals surface area contributed by atoms with E-state index < -0.39 is 0 Å². The lowest BCUT2D eigenvalue weighted by Gasteiger charge is -2.22. The van der Waals surface area contributed by atoms with Crippen molar-refractivity contribution in [3.63, 3.8) is 0 Å². The molecule has 0 saturated carbocycles. The fourth-order valence-electron chi connectivity index (χ4n) is 3.87. The highest BCUT2D eigenvalue weighted by Crippen LogP contribution is 2.43. The maximum atomic E-state index is 13.2. The molecule has 7 nitrogen and oxygen atoms in total. The molecule has 170 valence electrons. The minimum absolute atomic E-state index is 0.0148. The van der Waals surface area contributed by atoms with Crippen molar-refractivity contribution < 1.29 is 14.1 Å². The quantitative estimate of drug-likeness (QED) is 0.392. The van der Waals surface area contributed by atoms with Crippen LogP contribution in [-0.4, -0.2) is 28.5 Å². The lowest BCUT2D eigenvalue weighted by molar-refractivity contribution is -0.114. The predicted octanol–water partition coefficient (Wildman–Crippen LogP) is 5.88. The summed E-state index contributed by atoms with van der Waals surface area (Å²) in [5, 5.41) is 6.91. The number of benzene rings is 3. The van der Waals surface area contributed by atoms with E-state index in [1.807, 2.05) is 59.5 Å². The van der Waals surface area contributed by atoms with E-state index in [0.29, 0.717) is 29.5 Å². The van der Waals surface area contributed by atoms with E-state index in [2.05, 4.69) is 22.4 Å². The van der Waals surface area contributed by atoms with Crippen LogP contribution < -0.4 is 10.2 Å². The molecule has 1 aliphatic heterocycles. The first-order chi connectivity index (χ1) is 16.5. The molecule has 8 heteroatoms. The number of carbonyl (C=O) groups excluding carboxylic acids is 2.